The van der Waals surface area contributed by atoms with E-state index in [1.165, 1.54) is 23.8 Å². The van der Waals surface area contributed by atoms with Crippen LogP contribution in [0, 0.1) is 59.2 Å². The lowest BCUT2D eigenvalue weighted by atomic mass is 9.85. The molecule has 0 radical (unpaired) electrons. The second-order valence-electron chi connectivity index (χ2n) is 37.6. The predicted molar refractivity (Wildman–Crippen MR) is 514 cm³/mol. The first-order valence-electron chi connectivity index (χ1n) is 45.6. The Morgan fingerprint density at radius 3 is 1.32 bits per heavy atom. The number of hydrogen-bond donors (Lipinski definition) is 4. The molecular formula is C101H121F3N14O16S2. The van der Waals surface area contributed by atoms with Crippen molar-refractivity contribution in [1.82, 2.24) is 41.0 Å². The van der Waals surface area contributed by atoms with Crippen LogP contribution in [0.15, 0.2) is 161 Å². The van der Waals surface area contributed by atoms with E-state index in [0.29, 0.717) is 143 Å². The molecule has 4 aliphatic rings. The minimum Gasteiger partial charge on any atom is -0.494 e. The summed E-state index contributed by atoms with van der Waals surface area (Å²) in [6.07, 6.45) is 4.81. The van der Waals surface area contributed by atoms with Gasteiger partial charge in [0.05, 0.1) is 65.3 Å². The molecule has 0 aliphatic carbocycles. The largest absolute Gasteiger partial charge is 0.494 e. The minimum atomic E-state index is -4.80. The number of oxazole rings is 2. The molecule has 0 spiro atoms. The maximum Gasteiger partial charge on any atom is 0.417 e. The normalized spacial score (nSPS) is 17.4. The predicted octanol–water partition coefficient (Wildman–Crippen LogP) is 15.2. The minimum absolute atomic E-state index is 0.00207. The van der Waals surface area contributed by atoms with Crippen molar-refractivity contribution in [3.63, 3.8) is 0 Å². The zero-order valence-electron chi connectivity index (χ0n) is 79.4. The number of carbonyl (C=O) groups is 8. The van der Waals surface area contributed by atoms with Gasteiger partial charge in [0.1, 0.15) is 60.0 Å². The summed E-state index contributed by atoms with van der Waals surface area (Å²) in [4.78, 5) is 125. The number of nitriles is 2. The monoisotopic (exact) mass is 1910 g/mol. The highest BCUT2D eigenvalue weighted by Gasteiger charge is 2.53. The summed E-state index contributed by atoms with van der Waals surface area (Å²) in [6.45, 7) is 30.3. The second kappa shape index (κ2) is 46.4. The van der Waals surface area contributed by atoms with Crippen molar-refractivity contribution < 1.29 is 88.8 Å². The topological polar surface area (TPSA) is 359 Å². The SMILES string of the molecule is Cc1cc(N2C(=O)C(C)(C)N(c3ccc(OCCCCOCCCOCC(=O)N[C@H](C(=O)N4C[C@H](C)C[C@H]4C(=O)NCc4ccc(-c5cnco5)cc4)C(C)(C)C)cc3)C2=S)ccc1C#N.Cc1ncoc1-c1ccc(CNC(=O)[C@@H]2C[C@@H](C)CN2C(=O)[C@@H](NC(=O)COCCCOCCCCOc2ccc(N3C(=S)N(c4ccc(C#N)c(C(F)(F)F)c4)C(=O)C3(C)C)cc2)C(C)(C)C)cc1. The molecule has 35 heteroatoms. The van der Waals surface area contributed by atoms with Gasteiger partial charge in [0, 0.05) is 88.3 Å². The number of aryl methyl sites for hydroxylation is 2. The number of nitrogens with zero attached hydrogens (tertiary/aromatic N) is 10. The van der Waals surface area contributed by atoms with Gasteiger partial charge in [0.2, 0.25) is 35.4 Å². The lowest BCUT2D eigenvalue weighted by Crippen LogP contribution is -2.58. The molecule has 4 aliphatic heterocycles. The molecule has 12 rings (SSSR count). The first-order chi connectivity index (χ1) is 64.6. The Kier molecular flexibility index (Phi) is 35.4. The van der Waals surface area contributed by atoms with Gasteiger partial charge in [0.15, 0.2) is 34.5 Å². The average molecular weight is 1910 g/mol. The summed E-state index contributed by atoms with van der Waals surface area (Å²) in [6, 6.07) is 38.6. The zero-order chi connectivity index (χ0) is 98.6. The highest BCUT2D eigenvalue weighted by atomic mass is 32.1. The van der Waals surface area contributed by atoms with Crippen molar-refractivity contribution in [3.8, 4) is 46.3 Å². The molecular weight excluding hydrogens is 1790 g/mol. The average Bonchev–Trinajstić information content (AvgIpc) is 1.45. The number of halogens is 3. The third-order valence-electron chi connectivity index (χ3n) is 23.9. The summed E-state index contributed by atoms with van der Waals surface area (Å²) in [5.41, 5.74) is 2.42. The molecule has 0 bridgehead atoms. The Morgan fingerprint density at radius 1 is 0.522 bits per heavy atom. The number of aromatic nitrogens is 2. The smallest absolute Gasteiger partial charge is 0.417 e. The van der Waals surface area contributed by atoms with Crippen LogP contribution in [0.3, 0.4) is 0 Å². The standard InChI is InChI=1S/C51H60F3N7O8S.C50H61N7O8S/c1-32-25-41(45(63)56-28-34-11-13-35(14-12-34)43-33(2)57-31-69-43)59(29-32)46(64)44(49(3,4)5)58-42(62)30-67-23-10-22-66-21-8-9-24-68-39-19-17-37(18-20-39)61-48(70)60(47(65)50(61,6)7)38-16-15-36(27-55)40(26-38)51(52,53)54;1-33-25-41(45(59)53-28-35-11-13-36(14-12-35)42-29-52-32-65-42)55(30-33)46(60)44(49(3,4)5)54-43(58)31-63-23-10-22-62-21-8-9-24-64-40-19-17-38(18-20-40)57-48(66)56(47(61)50(57,6)7)39-16-15-37(27-51)34(2)26-39/h11-20,26,31-32,41,44H,8-10,21-25,28-30H2,1-7H3,(H,56,63)(H,58,62);11-20,26,29,32-33,41,44H,8-10,21-25,28,30-31H2,1-7H3,(H,53,59)(H,54,58)/t32-,41+,44-;33-,41+,44-/m11/s1. The van der Waals surface area contributed by atoms with Gasteiger partial charge < -0.3 is 78.1 Å². The summed E-state index contributed by atoms with van der Waals surface area (Å²) in [5, 5.41) is 30.6. The molecule has 6 atom stereocenters. The number of rotatable bonds is 40. The number of amides is 8. The first kappa shape index (κ1) is 104. The number of thiocarbonyl (C=S) groups is 2. The molecule has 4 fully saturated rings. The van der Waals surface area contributed by atoms with Gasteiger partial charge in [-0.05, 0) is 242 Å². The van der Waals surface area contributed by atoms with E-state index in [1.807, 2.05) is 161 Å². The maximum absolute atomic E-state index is 14.0. The van der Waals surface area contributed by atoms with Crippen molar-refractivity contribution in [1.29, 1.82) is 10.5 Å². The molecule has 30 nitrogen and oxygen atoms in total. The van der Waals surface area contributed by atoms with Crippen LogP contribution < -0.4 is 50.3 Å². The Labute approximate surface area is 802 Å². The summed E-state index contributed by atoms with van der Waals surface area (Å²) in [5.74, 6) is 0.253. The van der Waals surface area contributed by atoms with Crippen molar-refractivity contribution >= 4 is 105 Å². The van der Waals surface area contributed by atoms with Crippen molar-refractivity contribution in [2.75, 3.05) is 98.8 Å². The van der Waals surface area contributed by atoms with Crippen LogP contribution in [0.2, 0.25) is 0 Å². The molecule has 136 heavy (non-hydrogen) atoms. The molecule has 0 saturated carbocycles. The molecule has 2 aromatic heterocycles. The fraction of sp³-hybridized carbons (Fsp3) is 0.465. The molecule has 724 valence electrons. The Morgan fingerprint density at radius 2 is 0.926 bits per heavy atom. The van der Waals surface area contributed by atoms with Crippen LogP contribution in [0.4, 0.5) is 35.9 Å². The van der Waals surface area contributed by atoms with Crippen LogP contribution >= 0.6 is 24.4 Å². The Hall–Kier alpha value is -12.5. The third-order valence-corrected chi connectivity index (χ3v) is 24.7. The molecule has 8 aromatic rings. The van der Waals surface area contributed by atoms with E-state index in [4.69, 9.17) is 61.7 Å². The Balaban J connectivity index is 0.000000262. The number of alkyl halides is 3. The third kappa shape index (κ3) is 26.4. The second-order valence-corrected chi connectivity index (χ2v) is 38.3. The quantitative estimate of drug-likeness (QED) is 0.0205. The molecule has 4 saturated heterocycles. The molecule has 4 N–H and O–H groups in total. The van der Waals surface area contributed by atoms with E-state index in [0.717, 1.165) is 75.5 Å². The highest BCUT2D eigenvalue weighted by Crippen LogP contribution is 2.43. The van der Waals surface area contributed by atoms with Gasteiger partial charge in [-0.15, -0.1) is 0 Å². The van der Waals surface area contributed by atoms with Gasteiger partial charge in [0.25, 0.3) is 11.8 Å². The van der Waals surface area contributed by atoms with Gasteiger partial charge in [-0.25, -0.2) is 9.97 Å². The van der Waals surface area contributed by atoms with E-state index >= 15 is 0 Å². The lowest BCUT2D eigenvalue weighted by molar-refractivity contribution is -0.144. The number of unbranched alkanes of at least 4 members (excludes halogenated alkanes) is 2. The number of carbonyl (C=O) groups excluding carboxylic acids is 8. The summed E-state index contributed by atoms with van der Waals surface area (Å²) >= 11 is 11.4. The summed E-state index contributed by atoms with van der Waals surface area (Å²) < 4.78 is 86.6. The molecule has 0 unspecified atom stereocenters. The van der Waals surface area contributed by atoms with Crippen molar-refractivity contribution in [2.45, 2.75) is 203 Å². The van der Waals surface area contributed by atoms with Crippen LogP contribution in [0.1, 0.15) is 174 Å². The van der Waals surface area contributed by atoms with E-state index < -0.39 is 81.1 Å². The number of hydrogen-bond acceptors (Lipinski definition) is 22. The number of benzene rings is 6. The Bertz CT molecular complexity index is 5620. The van der Waals surface area contributed by atoms with Gasteiger partial charge in [-0.2, -0.15) is 23.7 Å². The molecule has 6 heterocycles. The van der Waals surface area contributed by atoms with Gasteiger partial charge in [-0.3, -0.25) is 48.2 Å². The van der Waals surface area contributed by atoms with E-state index in [1.54, 1.807) is 83.3 Å². The number of ether oxygens (including phenoxy) is 6. The number of anilines is 4. The van der Waals surface area contributed by atoms with E-state index in [-0.39, 0.29) is 78.5 Å². The fourth-order valence-corrected chi connectivity index (χ4v) is 17.5. The number of likely N-dealkylation sites (tertiary alicyclic amines) is 2. The summed E-state index contributed by atoms with van der Waals surface area (Å²) in [7, 11) is 0. The van der Waals surface area contributed by atoms with Crippen LogP contribution in [-0.2, 0) is 76.6 Å². The molecule has 6 aromatic carbocycles. The fourth-order valence-electron chi connectivity index (χ4n) is 16.5. The van der Waals surface area contributed by atoms with Crippen LogP contribution in [-0.4, -0.2) is 192 Å². The van der Waals surface area contributed by atoms with Gasteiger partial charge >= 0.3 is 6.18 Å². The van der Waals surface area contributed by atoms with Gasteiger partial charge in [-0.1, -0.05) is 104 Å². The van der Waals surface area contributed by atoms with Crippen LogP contribution in [0.5, 0.6) is 11.5 Å². The lowest BCUT2D eigenvalue weighted by Gasteiger charge is -2.35. The van der Waals surface area contributed by atoms with Crippen molar-refractivity contribution in [2.24, 2.45) is 22.7 Å². The molecule has 8 amide bonds. The highest BCUT2D eigenvalue weighted by molar-refractivity contribution is 7.81. The number of nitrogens with one attached hydrogen (secondary N) is 4. The van der Waals surface area contributed by atoms with E-state index in [9.17, 15) is 62.1 Å². The zero-order valence-corrected chi connectivity index (χ0v) is 81.0. The van der Waals surface area contributed by atoms with E-state index in [2.05, 4.69) is 37.3 Å². The van der Waals surface area contributed by atoms with Crippen molar-refractivity contribution in [3.05, 3.63) is 192 Å². The maximum atomic E-state index is 14.0. The first-order valence-corrected chi connectivity index (χ1v) is 46.4. The van der Waals surface area contributed by atoms with Crippen LogP contribution in [0.25, 0.3) is 22.6 Å².